The third kappa shape index (κ3) is 4.29. The molecule has 0 aromatic heterocycles. The van der Waals surface area contributed by atoms with Crippen LogP contribution in [0.2, 0.25) is 0 Å². The second-order valence-corrected chi connectivity index (χ2v) is 7.32. The van der Waals surface area contributed by atoms with Gasteiger partial charge in [-0.05, 0) is 38.0 Å². The zero-order chi connectivity index (χ0) is 18.6. The highest BCUT2D eigenvalue weighted by molar-refractivity contribution is 9.10. The molecule has 0 bridgehead atoms. The van der Waals surface area contributed by atoms with Crippen molar-refractivity contribution in [3.63, 3.8) is 0 Å². The molecule has 3 amide bonds. The Hall–Kier alpha value is -1.69. The van der Waals surface area contributed by atoms with Crippen molar-refractivity contribution in [3.05, 3.63) is 33.8 Å². The molecule has 1 heterocycles. The maximum Gasteiger partial charge on any atom is 0.261 e. The van der Waals surface area contributed by atoms with Crippen LogP contribution < -0.4 is 0 Å². The second kappa shape index (κ2) is 8.61. The average molecular weight is 409 g/mol. The highest BCUT2D eigenvalue weighted by atomic mass is 79.9. The number of benzene rings is 1. The first-order chi connectivity index (χ1) is 11.9. The van der Waals surface area contributed by atoms with Crippen LogP contribution >= 0.6 is 15.9 Å². The first-order valence-corrected chi connectivity index (χ1v) is 9.65. The number of fused-ring (bicyclic) bond motifs is 1. The van der Waals surface area contributed by atoms with E-state index in [9.17, 15) is 14.4 Å². The van der Waals surface area contributed by atoms with Gasteiger partial charge in [-0.2, -0.15) is 0 Å². The molecule has 0 aliphatic carbocycles. The standard InChI is InChI=1S/C19H25BrN2O3/c1-4-6-10-21(13(3)5-2)17(23)9-11-22-18(24)15-8-7-14(20)12-16(15)19(22)25/h7-8,12-13H,4-6,9-11H2,1-3H3. The van der Waals surface area contributed by atoms with Crippen molar-refractivity contribution in [3.8, 4) is 0 Å². The molecule has 0 N–H and O–H groups in total. The van der Waals surface area contributed by atoms with Crippen molar-refractivity contribution < 1.29 is 14.4 Å². The van der Waals surface area contributed by atoms with Gasteiger partial charge in [0, 0.05) is 30.0 Å². The summed E-state index contributed by atoms with van der Waals surface area (Å²) in [6, 6.07) is 5.21. The van der Waals surface area contributed by atoms with Crippen molar-refractivity contribution in [2.75, 3.05) is 13.1 Å². The van der Waals surface area contributed by atoms with Gasteiger partial charge >= 0.3 is 0 Å². The first-order valence-electron chi connectivity index (χ1n) is 8.85. The molecule has 25 heavy (non-hydrogen) atoms. The zero-order valence-electron chi connectivity index (χ0n) is 15.0. The number of imide groups is 1. The summed E-state index contributed by atoms with van der Waals surface area (Å²) in [5.74, 6) is -0.637. The minimum Gasteiger partial charge on any atom is -0.340 e. The van der Waals surface area contributed by atoms with E-state index in [0.29, 0.717) is 11.1 Å². The van der Waals surface area contributed by atoms with Gasteiger partial charge in [0.05, 0.1) is 11.1 Å². The molecule has 1 aliphatic rings. The smallest absolute Gasteiger partial charge is 0.261 e. The predicted octanol–water partition coefficient (Wildman–Crippen LogP) is 3.86. The van der Waals surface area contributed by atoms with Crippen molar-refractivity contribution in [1.29, 1.82) is 0 Å². The number of carbonyl (C=O) groups is 3. The van der Waals surface area contributed by atoms with Gasteiger partial charge in [-0.3, -0.25) is 19.3 Å². The zero-order valence-corrected chi connectivity index (χ0v) is 16.6. The van der Waals surface area contributed by atoms with E-state index in [1.54, 1.807) is 18.2 Å². The summed E-state index contributed by atoms with van der Waals surface area (Å²) in [5.41, 5.74) is 0.807. The van der Waals surface area contributed by atoms with Crippen molar-refractivity contribution in [2.45, 2.75) is 52.5 Å². The van der Waals surface area contributed by atoms with Gasteiger partial charge in [-0.15, -0.1) is 0 Å². The molecule has 5 nitrogen and oxygen atoms in total. The van der Waals surface area contributed by atoms with Crippen molar-refractivity contribution in [2.24, 2.45) is 0 Å². The largest absolute Gasteiger partial charge is 0.340 e. The Kier molecular flexibility index (Phi) is 6.76. The Bertz CT molecular complexity index is 675. The third-order valence-corrected chi connectivity index (χ3v) is 5.17. The molecule has 0 radical (unpaired) electrons. The van der Waals surface area contributed by atoms with Gasteiger partial charge in [0.15, 0.2) is 0 Å². The number of carbonyl (C=O) groups excluding carboxylic acids is 3. The number of unbranched alkanes of at least 4 members (excludes halogenated alkanes) is 1. The van der Waals surface area contributed by atoms with Gasteiger partial charge < -0.3 is 4.90 Å². The molecule has 0 spiro atoms. The van der Waals surface area contributed by atoms with Gasteiger partial charge in [0.2, 0.25) is 5.91 Å². The molecular formula is C19H25BrN2O3. The van der Waals surface area contributed by atoms with Crippen LogP contribution in [0.25, 0.3) is 0 Å². The molecule has 1 aromatic carbocycles. The highest BCUT2D eigenvalue weighted by Crippen LogP contribution is 2.26. The molecule has 0 saturated heterocycles. The fourth-order valence-electron chi connectivity index (χ4n) is 2.96. The lowest BCUT2D eigenvalue weighted by molar-refractivity contribution is -0.133. The van der Waals surface area contributed by atoms with E-state index in [0.717, 1.165) is 30.3 Å². The van der Waals surface area contributed by atoms with Gasteiger partial charge in [0.1, 0.15) is 0 Å². The normalized spacial score (nSPS) is 14.6. The number of rotatable bonds is 8. The summed E-state index contributed by atoms with van der Waals surface area (Å²) in [4.78, 5) is 40.6. The fraction of sp³-hybridized carbons (Fsp3) is 0.526. The number of hydrogen-bond donors (Lipinski definition) is 0. The molecule has 0 saturated carbocycles. The maximum atomic E-state index is 12.6. The summed E-state index contributed by atoms with van der Waals surface area (Å²) in [6.07, 6.45) is 3.03. The summed E-state index contributed by atoms with van der Waals surface area (Å²) >= 11 is 3.32. The van der Waals surface area contributed by atoms with E-state index >= 15 is 0 Å². The monoisotopic (exact) mass is 408 g/mol. The summed E-state index contributed by atoms with van der Waals surface area (Å²) < 4.78 is 0.757. The summed E-state index contributed by atoms with van der Waals surface area (Å²) in [6.45, 7) is 7.03. The minimum atomic E-state index is -0.322. The number of halogens is 1. The summed E-state index contributed by atoms with van der Waals surface area (Å²) in [7, 11) is 0. The molecule has 1 unspecified atom stereocenters. The molecule has 1 atom stereocenters. The third-order valence-electron chi connectivity index (χ3n) is 4.68. The fourth-order valence-corrected chi connectivity index (χ4v) is 3.32. The van der Waals surface area contributed by atoms with Crippen molar-refractivity contribution in [1.82, 2.24) is 9.80 Å². The van der Waals surface area contributed by atoms with Gasteiger partial charge in [0.25, 0.3) is 11.8 Å². The van der Waals surface area contributed by atoms with Crippen LogP contribution in [-0.2, 0) is 4.79 Å². The Morgan fingerprint density at radius 3 is 2.52 bits per heavy atom. The van der Waals surface area contributed by atoms with E-state index in [4.69, 9.17) is 0 Å². The molecule has 1 aromatic rings. The van der Waals surface area contributed by atoms with Crippen LogP contribution in [0.3, 0.4) is 0 Å². The molecule has 6 heteroatoms. The van der Waals surface area contributed by atoms with Crippen LogP contribution in [-0.4, -0.2) is 46.7 Å². The van der Waals surface area contributed by atoms with E-state index in [1.807, 2.05) is 11.8 Å². The van der Waals surface area contributed by atoms with E-state index in [1.165, 1.54) is 4.90 Å². The molecular weight excluding hydrogens is 384 g/mol. The molecule has 136 valence electrons. The van der Waals surface area contributed by atoms with Crippen LogP contribution in [0.1, 0.15) is 67.2 Å². The van der Waals surface area contributed by atoms with E-state index in [-0.39, 0.29) is 36.7 Å². The van der Waals surface area contributed by atoms with Crippen LogP contribution in [0, 0.1) is 0 Å². The number of hydrogen-bond acceptors (Lipinski definition) is 3. The predicted molar refractivity (Wildman–Crippen MR) is 101 cm³/mol. The first kappa shape index (κ1) is 19.6. The lowest BCUT2D eigenvalue weighted by Crippen LogP contribution is -2.41. The number of amides is 3. The van der Waals surface area contributed by atoms with Crippen molar-refractivity contribution >= 4 is 33.7 Å². The van der Waals surface area contributed by atoms with E-state index < -0.39 is 0 Å². The van der Waals surface area contributed by atoms with Gasteiger partial charge in [-0.25, -0.2) is 0 Å². The maximum absolute atomic E-state index is 12.6. The Labute approximate surface area is 157 Å². The minimum absolute atomic E-state index is 0.000497. The summed E-state index contributed by atoms with van der Waals surface area (Å²) in [5, 5.41) is 0. The number of nitrogens with zero attached hydrogens (tertiary/aromatic N) is 2. The van der Waals surface area contributed by atoms with Crippen LogP contribution in [0.15, 0.2) is 22.7 Å². The Morgan fingerprint density at radius 1 is 1.20 bits per heavy atom. The second-order valence-electron chi connectivity index (χ2n) is 6.40. The van der Waals surface area contributed by atoms with Crippen LogP contribution in [0.5, 0.6) is 0 Å². The Morgan fingerprint density at radius 2 is 1.88 bits per heavy atom. The molecule has 1 aliphatic heterocycles. The van der Waals surface area contributed by atoms with Crippen LogP contribution in [0.4, 0.5) is 0 Å². The van der Waals surface area contributed by atoms with Gasteiger partial charge in [-0.1, -0.05) is 36.2 Å². The topological polar surface area (TPSA) is 57.7 Å². The highest BCUT2D eigenvalue weighted by Gasteiger charge is 2.35. The Balaban J connectivity index is 2.04. The lowest BCUT2D eigenvalue weighted by Gasteiger charge is -2.29. The average Bonchev–Trinajstić information content (AvgIpc) is 2.83. The lowest BCUT2D eigenvalue weighted by atomic mass is 10.1. The SMILES string of the molecule is CCCCN(C(=O)CCN1C(=O)c2ccc(Br)cc2C1=O)C(C)CC. The van der Waals surface area contributed by atoms with E-state index in [2.05, 4.69) is 29.8 Å². The molecule has 2 rings (SSSR count). The molecule has 0 fully saturated rings. The quantitative estimate of drug-likeness (QED) is 0.613.